The molecule has 0 spiro atoms. The Morgan fingerprint density at radius 1 is 0.938 bits per heavy atom. The van der Waals surface area contributed by atoms with E-state index in [-0.39, 0.29) is 59.1 Å². The summed E-state index contributed by atoms with van der Waals surface area (Å²) in [5.41, 5.74) is 0. The van der Waals surface area contributed by atoms with Gasteiger partial charge in [0.05, 0.1) is 6.61 Å². The molecule has 0 aromatic heterocycles. The number of hydrogen-bond donors (Lipinski definition) is 1. The Morgan fingerprint density at radius 3 is 1.81 bits per heavy atom. The average molecular weight is 270 g/mol. The predicted molar refractivity (Wildman–Crippen MR) is 74.1 cm³/mol. The van der Waals surface area contributed by atoms with Crippen LogP contribution in [0, 0.1) is 0 Å². The zero-order valence-electron chi connectivity index (χ0n) is 9.13. The van der Waals surface area contributed by atoms with Gasteiger partial charge in [-0.15, -0.1) is 0 Å². The molecule has 0 aromatic carbocycles. The second-order valence-electron chi connectivity index (χ2n) is 3.59. The Balaban J connectivity index is -0.000000845. The first-order valence-corrected chi connectivity index (χ1v) is 6.89. The maximum atomic E-state index is 10.2. The van der Waals surface area contributed by atoms with E-state index in [1.54, 1.807) is 0 Å². The number of unbranched alkanes of at least 4 members (excludes halogenated alkanes) is 7. The summed E-state index contributed by atoms with van der Waals surface area (Å²) >= 11 is 0. The van der Waals surface area contributed by atoms with Crippen LogP contribution in [0.2, 0.25) is 0 Å². The van der Waals surface area contributed by atoms with Gasteiger partial charge in [-0.25, -0.2) is 0 Å². The fraction of sp³-hybridized carbons (Fsp3) is 1.00. The minimum atomic E-state index is -2.69. The van der Waals surface area contributed by atoms with E-state index in [4.69, 9.17) is 4.89 Å². The summed E-state index contributed by atoms with van der Waals surface area (Å²) in [5.74, 6) is 0. The predicted octanol–water partition coefficient (Wildman–Crippen LogP) is 2.23. The first-order valence-electron chi connectivity index (χ1n) is 5.63. The molecule has 0 aliphatic carbocycles. The van der Waals surface area contributed by atoms with Crippen molar-refractivity contribution in [1.82, 2.24) is 0 Å². The van der Waals surface area contributed by atoms with Gasteiger partial charge in [0.1, 0.15) is 0 Å². The standard InChI is InChI=1S/C10H23O3P.2Na.2H/c1-2-3-4-5-6-7-8-9-10-13-14(11)12;;;;/h14H,2-10H2,1H3,(H,11,12);;;;. The molecule has 0 amide bonds. The van der Waals surface area contributed by atoms with Crippen LogP contribution in [0.3, 0.4) is 0 Å². The molecule has 0 radical (unpaired) electrons. The van der Waals surface area contributed by atoms with Gasteiger partial charge in [0.2, 0.25) is 0 Å². The van der Waals surface area contributed by atoms with Gasteiger partial charge in [-0.3, -0.25) is 4.57 Å². The van der Waals surface area contributed by atoms with Crippen molar-refractivity contribution in [3.8, 4) is 0 Å². The van der Waals surface area contributed by atoms with Crippen LogP contribution in [0.5, 0.6) is 0 Å². The third-order valence-corrected chi connectivity index (χ3v) is 2.67. The van der Waals surface area contributed by atoms with Crippen LogP contribution in [0.4, 0.5) is 0 Å². The van der Waals surface area contributed by atoms with Crippen molar-refractivity contribution in [2.24, 2.45) is 0 Å². The monoisotopic (exact) mass is 270 g/mol. The van der Waals surface area contributed by atoms with E-state index in [0.29, 0.717) is 6.61 Å². The molecule has 0 heterocycles. The molecule has 0 saturated heterocycles. The topological polar surface area (TPSA) is 46.5 Å². The molecule has 0 fully saturated rings. The Bertz CT molecular complexity index is 148. The molecule has 3 nitrogen and oxygen atoms in total. The Hall–Kier alpha value is 2.15. The van der Waals surface area contributed by atoms with Gasteiger partial charge in [-0.1, -0.05) is 51.9 Å². The van der Waals surface area contributed by atoms with Crippen molar-refractivity contribution in [1.29, 1.82) is 0 Å². The van der Waals surface area contributed by atoms with E-state index in [0.717, 1.165) is 12.8 Å². The van der Waals surface area contributed by atoms with Gasteiger partial charge in [-0.05, 0) is 6.42 Å². The number of rotatable bonds is 10. The zero-order chi connectivity index (χ0) is 10.6. The molecule has 0 saturated carbocycles. The van der Waals surface area contributed by atoms with Gasteiger partial charge >= 0.3 is 67.4 Å². The summed E-state index contributed by atoms with van der Waals surface area (Å²) in [6.45, 7) is 2.65. The first kappa shape index (κ1) is 23.3. The molecule has 1 unspecified atom stereocenters. The Labute approximate surface area is 145 Å². The summed E-state index contributed by atoms with van der Waals surface area (Å²) in [4.78, 5) is 8.38. The summed E-state index contributed by atoms with van der Waals surface area (Å²) in [6, 6.07) is 0. The molecule has 6 heteroatoms. The summed E-state index contributed by atoms with van der Waals surface area (Å²) in [7, 11) is -2.69. The Morgan fingerprint density at radius 2 is 1.38 bits per heavy atom. The molecule has 0 bridgehead atoms. The van der Waals surface area contributed by atoms with Crippen molar-refractivity contribution in [3.05, 3.63) is 0 Å². The van der Waals surface area contributed by atoms with E-state index in [2.05, 4.69) is 11.4 Å². The molecule has 0 aliphatic heterocycles. The van der Waals surface area contributed by atoms with E-state index in [1.807, 2.05) is 0 Å². The van der Waals surface area contributed by atoms with Crippen LogP contribution in [-0.2, 0) is 9.09 Å². The van der Waals surface area contributed by atoms with E-state index in [1.165, 1.54) is 38.5 Å². The van der Waals surface area contributed by atoms with Gasteiger partial charge < -0.3 is 9.42 Å². The molecule has 16 heavy (non-hydrogen) atoms. The van der Waals surface area contributed by atoms with Crippen molar-refractivity contribution in [2.75, 3.05) is 6.61 Å². The van der Waals surface area contributed by atoms with Gasteiger partial charge in [0.25, 0.3) is 0 Å². The quantitative estimate of drug-likeness (QED) is 0.376. The van der Waals surface area contributed by atoms with E-state index >= 15 is 0 Å². The van der Waals surface area contributed by atoms with Crippen molar-refractivity contribution < 1.29 is 14.0 Å². The van der Waals surface area contributed by atoms with E-state index < -0.39 is 8.25 Å². The molecule has 1 atom stereocenters. The van der Waals surface area contributed by atoms with Crippen molar-refractivity contribution in [3.63, 3.8) is 0 Å². The molecule has 0 aromatic rings. The second-order valence-corrected chi connectivity index (χ2v) is 4.41. The number of hydrogen-bond acceptors (Lipinski definition) is 2. The molecule has 0 rings (SSSR count). The van der Waals surface area contributed by atoms with Crippen LogP contribution >= 0.6 is 8.25 Å². The molecule has 1 N–H and O–H groups in total. The minimum absolute atomic E-state index is 0. The fourth-order valence-corrected chi connectivity index (χ4v) is 1.71. The normalized spacial score (nSPS) is 11.4. The molecular weight excluding hydrogens is 245 g/mol. The SMILES string of the molecule is CCCCCCCCCCO[PH](=O)O.[NaH].[NaH]. The van der Waals surface area contributed by atoms with Crippen molar-refractivity contribution in [2.45, 2.75) is 58.3 Å². The van der Waals surface area contributed by atoms with Gasteiger partial charge in [-0.2, -0.15) is 0 Å². The van der Waals surface area contributed by atoms with Crippen molar-refractivity contribution >= 4 is 67.4 Å². The summed E-state index contributed by atoms with van der Waals surface area (Å²) in [5, 5.41) is 0. The van der Waals surface area contributed by atoms with Crippen LogP contribution in [-0.4, -0.2) is 70.6 Å². The van der Waals surface area contributed by atoms with Crippen LogP contribution < -0.4 is 0 Å². The maximum absolute atomic E-state index is 10.2. The molecule has 90 valence electrons. The van der Waals surface area contributed by atoms with Gasteiger partial charge in [0.15, 0.2) is 0 Å². The molecule has 0 aliphatic rings. The average Bonchev–Trinajstić information content (AvgIpc) is 2.15. The fourth-order valence-electron chi connectivity index (χ4n) is 1.40. The summed E-state index contributed by atoms with van der Waals surface area (Å²) in [6.07, 6.45) is 9.83. The third-order valence-electron chi connectivity index (χ3n) is 2.22. The van der Waals surface area contributed by atoms with Crippen LogP contribution in [0.1, 0.15) is 58.3 Å². The van der Waals surface area contributed by atoms with Gasteiger partial charge in [0, 0.05) is 0 Å². The third kappa shape index (κ3) is 21.4. The zero-order valence-corrected chi connectivity index (χ0v) is 10.1. The first-order chi connectivity index (χ1) is 6.77. The molecular formula is C10H25Na2O3P. The second kappa shape index (κ2) is 19.5. The van der Waals surface area contributed by atoms with E-state index in [9.17, 15) is 4.57 Å². The summed E-state index contributed by atoms with van der Waals surface area (Å²) < 4.78 is 14.8. The van der Waals surface area contributed by atoms with Crippen LogP contribution in [0.25, 0.3) is 0 Å². The Kier molecular flexibility index (Phi) is 28.3. The van der Waals surface area contributed by atoms with Crippen LogP contribution in [0.15, 0.2) is 0 Å².